The number of nitrogens with one attached hydrogen (secondary N) is 2. The number of aromatic nitrogens is 3. The molecule has 4 aromatic rings. The number of rotatable bonds is 5. The summed E-state index contributed by atoms with van der Waals surface area (Å²) in [4.78, 5) is 23.6. The average molecular weight is 402 g/mol. The van der Waals surface area contributed by atoms with Gasteiger partial charge in [0.15, 0.2) is 5.01 Å². The van der Waals surface area contributed by atoms with Gasteiger partial charge in [-0.2, -0.15) is 0 Å². The second-order valence-corrected chi connectivity index (χ2v) is 6.85. The predicted octanol–water partition coefficient (Wildman–Crippen LogP) is 4.49. The highest BCUT2D eigenvalue weighted by Crippen LogP contribution is 2.28. The molecule has 4 rings (SSSR count). The Bertz CT molecular complexity index is 1140. The van der Waals surface area contributed by atoms with Crippen LogP contribution in [-0.2, 0) is 0 Å². The van der Waals surface area contributed by atoms with Gasteiger partial charge in [-0.1, -0.05) is 0 Å². The Kier molecular flexibility index (Phi) is 4.82. The first-order valence-corrected chi connectivity index (χ1v) is 9.14. The Morgan fingerprint density at radius 3 is 2.71 bits per heavy atom. The van der Waals surface area contributed by atoms with Crippen LogP contribution in [0.1, 0.15) is 9.80 Å². The highest BCUT2D eigenvalue weighted by atomic mass is 32.1. The molecule has 0 spiro atoms. The molecule has 0 saturated carbocycles. The minimum absolute atomic E-state index is 0.108. The Hall–Kier alpha value is -3.20. The van der Waals surface area contributed by atoms with E-state index in [4.69, 9.17) is 0 Å². The first kappa shape index (κ1) is 18.2. The maximum absolute atomic E-state index is 13.1. The maximum atomic E-state index is 13.1. The summed E-state index contributed by atoms with van der Waals surface area (Å²) in [6.45, 7) is -0.712. The number of nitrogens with zero attached hydrogens (tertiary/aromatic N) is 2. The first-order valence-electron chi connectivity index (χ1n) is 8.26. The highest BCUT2D eigenvalue weighted by molar-refractivity contribution is 7.12. The Morgan fingerprint density at radius 2 is 1.96 bits per heavy atom. The van der Waals surface area contributed by atoms with Gasteiger partial charge >= 0.3 is 0 Å². The number of halogens is 3. The van der Waals surface area contributed by atoms with Crippen molar-refractivity contribution in [3.63, 3.8) is 0 Å². The van der Waals surface area contributed by atoms with E-state index in [1.54, 1.807) is 23.7 Å². The number of carbonyl (C=O) groups is 1. The smallest absolute Gasteiger partial charge is 0.280 e. The van der Waals surface area contributed by atoms with Crippen molar-refractivity contribution < 1.29 is 18.0 Å². The van der Waals surface area contributed by atoms with Gasteiger partial charge in [0.05, 0.1) is 12.2 Å². The summed E-state index contributed by atoms with van der Waals surface area (Å²) in [5.74, 6) is -0.942. The minimum Gasteiger partial charge on any atom is -0.344 e. The summed E-state index contributed by atoms with van der Waals surface area (Å²) in [5, 5.41) is 4.74. The number of benzene rings is 1. The largest absolute Gasteiger partial charge is 0.344 e. The zero-order chi connectivity index (χ0) is 19.7. The molecule has 0 radical (unpaired) electrons. The van der Waals surface area contributed by atoms with Gasteiger partial charge in [0, 0.05) is 28.2 Å². The maximum Gasteiger partial charge on any atom is 0.280 e. The Morgan fingerprint density at radius 1 is 1.18 bits per heavy atom. The van der Waals surface area contributed by atoms with Crippen LogP contribution in [0.25, 0.3) is 33.5 Å². The van der Waals surface area contributed by atoms with Crippen LogP contribution in [0, 0.1) is 5.82 Å². The number of hydrogen-bond donors (Lipinski definition) is 2. The normalized spacial score (nSPS) is 11.3. The highest BCUT2D eigenvalue weighted by Gasteiger charge is 2.15. The monoisotopic (exact) mass is 402 g/mol. The molecular weight excluding hydrogens is 389 g/mol. The van der Waals surface area contributed by atoms with E-state index in [-0.39, 0.29) is 10.8 Å². The van der Waals surface area contributed by atoms with Crippen molar-refractivity contribution in [1.29, 1.82) is 0 Å². The number of alkyl halides is 2. The summed E-state index contributed by atoms with van der Waals surface area (Å²) >= 11 is 1.07. The number of pyridine rings is 1. The molecule has 142 valence electrons. The molecule has 2 N–H and O–H groups in total. The molecule has 1 amide bonds. The number of thiazole rings is 1. The summed E-state index contributed by atoms with van der Waals surface area (Å²) in [5.41, 5.74) is 3.51. The lowest BCUT2D eigenvalue weighted by Crippen LogP contribution is -2.28. The van der Waals surface area contributed by atoms with E-state index in [0.29, 0.717) is 16.9 Å². The number of fused-ring (bicyclic) bond motifs is 1. The van der Waals surface area contributed by atoms with Gasteiger partial charge in [-0.3, -0.25) is 4.79 Å². The van der Waals surface area contributed by atoms with Crippen molar-refractivity contribution in [3.8, 4) is 22.5 Å². The number of hydrogen-bond acceptors (Lipinski definition) is 4. The van der Waals surface area contributed by atoms with E-state index in [1.807, 2.05) is 12.1 Å². The van der Waals surface area contributed by atoms with E-state index in [9.17, 15) is 18.0 Å². The lowest BCUT2D eigenvalue weighted by Gasteiger charge is -2.00. The van der Waals surface area contributed by atoms with Crippen molar-refractivity contribution in [2.75, 3.05) is 6.54 Å². The van der Waals surface area contributed by atoms with E-state index in [2.05, 4.69) is 20.3 Å². The molecule has 28 heavy (non-hydrogen) atoms. The molecular formula is C19H13F3N4OS. The molecule has 0 aliphatic carbocycles. The van der Waals surface area contributed by atoms with Crippen LogP contribution in [0.4, 0.5) is 13.2 Å². The van der Waals surface area contributed by atoms with E-state index >= 15 is 0 Å². The fourth-order valence-electron chi connectivity index (χ4n) is 2.70. The third-order valence-corrected chi connectivity index (χ3v) is 4.88. The zero-order valence-electron chi connectivity index (χ0n) is 14.2. The Balaban J connectivity index is 1.60. The number of H-pyrrole nitrogens is 1. The quantitative estimate of drug-likeness (QED) is 0.517. The average Bonchev–Trinajstić information content (AvgIpc) is 3.33. The summed E-state index contributed by atoms with van der Waals surface area (Å²) in [7, 11) is 0. The lowest BCUT2D eigenvalue weighted by atomic mass is 10.1. The van der Waals surface area contributed by atoms with Crippen molar-refractivity contribution in [3.05, 3.63) is 58.8 Å². The second-order valence-electron chi connectivity index (χ2n) is 5.99. The number of amides is 1. The topological polar surface area (TPSA) is 70.7 Å². The summed E-state index contributed by atoms with van der Waals surface area (Å²) < 4.78 is 37.5. The second kappa shape index (κ2) is 7.43. The molecule has 0 fully saturated rings. The lowest BCUT2D eigenvalue weighted by molar-refractivity contribution is 0.0891. The van der Waals surface area contributed by atoms with Gasteiger partial charge in [0.25, 0.3) is 12.3 Å². The van der Waals surface area contributed by atoms with Gasteiger partial charge in [0.1, 0.15) is 11.5 Å². The minimum atomic E-state index is -2.61. The van der Waals surface area contributed by atoms with E-state index in [1.165, 1.54) is 12.1 Å². The SMILES string of the molecule is O=C(NCC(F)F)c1nc(-c2cnc3[nH]c(-c4ccc(F)cc4)cc3c2)cs1. The third kappa shape index (κ3) is 3.74. The Labute approximate surface area is 161 Å². The van der Waals surface area contributed by atoms with Crippen LogP contribution in [-0.4, -0.2) is 33.8 Å². The van der Waals surface area contributed by atoms with Gasteiger partial charge in [-0.05, 0) is 42.0 Å². The molecule has 0 unspecified atom stereocenters. The number of carbonyl (C=O) groups excluding carboxylic acids is 1. The molecule has 0 saturated heterocycles. The van der Waals surface area contributed by atoms with Gasteiger partial charge in [0.2, 0.25) is 0 Å². The molecule has 0 aliphatic rings. The van der Waals surface area contributed by atoms with Crippen molar-refractivity contribution in [1.82, 2.24) is 20.3 Å². The van der Waals surface area contributed by atoms with E-state index < -0.39 is 18.9 Å². The molecule has 0 aliphatic heterocycles. The fraction of sp³-hybridized carbons (Fsp3) is 0.105. The molecule has 3 aromatic heterocycles. The van der Waals surface area contributed by atoms with Gasteiger partial charge in [-0.25, -0.2) is 23.1 Å². The van der Waals surface area contributed by atoms with Gasteiger partial charge in [-0.15, -0.1) is 11.3 Å². The first-order chi connectivity index (χ1) is 13.5. The van der Waals surface area contributed by atoms with Crippen LogP contribution in [0.2, 0.25) is 0 Å². The molecule has 0 atom stereocenters. The van der Waals surface area contributed by atoms with Crippen LogP contribution in [0.3, 0.4) is 0 Å². The van der Waals surface area contributed by atoms with Crippen LogP contribution in [0.15, 0.2) is 48.0 Å². The summed E-state index contributed by atoms with van der Waals surface area (Å²) in [6, 6.07) is 9.87. The number of aromatic amines is 1. The third-order valence-electron chi connectivity index (χ3n) is 4.04. The van der Waals surface area contributed by atoms with Crippen LogP contribution >= 0.6 is 11.3 Å². The summed E-state index contributed by atoms with van der Waals surface area (Å²) in [6.07, 6.45) is -0.998. The zero-order valence-corrected chi connectivity index (χ0v) is 15.1. The molecule has 9 heteroatoms. The van der Waals surface area contributed by atoms with Crippen LogP contribution in [0.5, 0.6) is 0 Å². The molecule has 0 bridgehead atoms. The van der Waals surface area contributed by atoms with Gasteiger partial charge < -0.3 is 10.3 Å². The molecule has 3 heterocycles. The van der Waals surface area contributed by atoms with Crippen LogP contribution < -0.4 is 5.32 Å². The van der Waals surface area contributed by atoms with Crippen molar-refractivity contribution >= 4 is 28.3 Å². The standard InChI is InChI=1S/C19H13F3N4OS/c20-13-3-1-10(2-4-13)14-6-11-5-12(7-23-17(11)25-14)15-9-28-19(26-15)18(27)24-8-16(21)22/h1-7,9,16H,8H2,(H,23,25)(H,24,27). The van der Waals surface area contributed by atoms with E-state index in [0.717, 1.165) is 28.0 Å². The van der Waals surface area contributed by atoms with Crippen molar-refractivity contribution in [2.24, 2.45) is 0 Å². The molecule has 1 aromatic carbocycles. The van der Waals surface area contributed by atoms with Crippen molar-refractivity contribution in [2.45, 2.75) is 6.43 Å². The predicted molar refractivity (Wildman–Crippen MR) is 101 cm³/mol. The fourth-order valence-corrected chi connectivity index (χ4v) is 3.44. The molecule has 5 nitrogen and oxygen atoms in total.